The summed E-state index contributed by atoms with van der Waals surface area (Å²) in [5.74, 6) is 0.834. The smallest absolute Gasteiger partial charge is 0.170 e. The number of aromatic nitrogens is 4. The highest BCUT2D eigenvalue weighted by Crippen LogP contribution is 2.29. The highest BCUT2D eigenvalue weighted by Gasteiger charge is 2.15. The quantitative estimate of drug-likeness (QED) is 0.543. The van der Waals surface area contributed by atoms with Crippen molar-refractivity contribution in [2.45, 2.75) is 13.0 Å². The van der Waals surface area contributed by atoms with Crippen LogP contribution in [0.15, 0.2) is 55.0 Å². The molecular weight excluding hydrogens is 371 g/mol. The SMILES string of the molecule is COc1cccc(F)c1CNc1ccc(-c2cccnc2CC#N)c2nncn12. The van der Waals surface area contributed by atoms with Gasteiger partial charge in [-0.25, -0.2) is 4.39 Å². The molecule has 0 unspecified atom stereocenters. The maximum absolute atomic E-state index is 14.2. The Hall–Kier alpha value is -3.99. The van der Waals surface area contributed by atoms with E-state index in [4.69, 9.17) is 10.00 Å². The third-order valence-electron chi connectivity index (χ3n) is 4.63. The first-order valence-corrected chi connectivity index (χ1v) is 8.92. The van der Waals surface area contributed by atoms with Crippen LogP contribution in [-0.4, -0.2) is 26.7 Å². The summed E-state index contributed by atoms with van der Waals surface area (Å²) in [5, 5.41) is 20.5. The molecule has 0 amide bonds. The number of nitriles is 1. The maximum atomic E-state index is 14.2. The topological polar surface area (TPSA) is 88.1 Å². The summed E-state index contributed by atoms with van der Waals surface area (Å²) in [6, 6.07) is 14.3. The van der Waals surface area contributed by atoms with Crippen LogP contribution in [0.5, 0.6) is 5.75 Å². The van der Waals surface area contributed by atoms with Gasteiger partial charge in [-0.2, -0.15) is 5.26 Å². The fourth-order valence-corrected chi connectivity index (χ4v) is 3.25. The average molecular weight is 388 g/mol. The number of anilines is 1. The molecule has 29 heavy (non-hydrogen) atoms. The summed E-state index contributed by atoms with van der Waals surface area (Å²) in [7, 11) is 1.51. The van der Waals surface area contributed by atoms with E-state index < -0.39 is 0 Å². The van der Waals surface area contributed by atoms with Gasteiger partial charge in [-0.15, -0.1) is 10.2 Å². The average Bonchev–Trinajstić information content (AvgIpc) is 3.23. The van der Waals surface area contributed by atoms with E-state index in [0.717, 1.165) is 11.1 Å². The Morgan fingerprint density at radius 3 is 2.90 bits per heavy atom. The van der Waals surface area contributed by atoms with Crippen molar-refractivity contribution in [1.29, 1.82) is 5.26 Å². The van der Waals surface area contributed by atoms with Crippen LogP contribution in [0.4, 0.5) is 10.2 Å². The summed E-state index contributed by atoms with van der Waals surface area (Å²) in [6.07, 6.45) is 3.44. The van der Waals surface area contributed by atoms with Crippen molar-refractivity contribution in [2.24, 2.45) is 0 Å². The predicted octanol–water partition coefficient (Wildman–Crippen LogP) is 3.62. The van der Waals surface area contributed by atoms with Crippen LogP contribution >= 0.6 is 0 Å². The number of benzene rings is 1. The van der Waals surface area contributed by atoms with Crippen molar-refractivity contribution >= 4 is 11.5 Å². The Morgan fingerprint density at radius 2 is 2.07 bits per heavy atom. The van der Waals surface area contributed by atoms with Crippen LogP contribution in [0, 0.1) is 17.1 Å². The van der Waals surface area contributed by atoms with Gasteiger partial charge in [0.1, 0.15) is 23.7 Å². The van der Waals surface area contributed by atoms with E-state index in [1.54, 1.807) is 29.1 Å². The number of fused-ring (bicyclic) bond motifs is 1. The molecule has 8 heteroatoms. The number of rotatable bonds is 6. The number of hydrogen-bond acceptors (Lipinski definition) is 6. The number of ether oxygens (including phenoxy) is 1. The zero-order valence-electron chi connectivity index (χ0n) is 15.6. The van der Waals surface area contributed by atoms with Crippen LogP contribution in [0.1, 0.15) is 11.3 Å². The molecule has 0 fully saturated rings. The Bertz CT molecular complexity index is 1210. The molecule has 0 aliphatic heterocycles. The Labute approximate surface area is 166 Å². The summed E-state index contributed by atoms with van der Waals surface area (Å²) < 4.78 is 21.3. The van der Waals surface area contributed by atoms with Gasteiger partial charge in [-0.1, -0.05) is 12.1 Å². The molecule has 7 nitrogen and oxygen atoms in total. The Morgan fingerprint density at radius 1 is 1.17 bits per heavy atom. The molecule has 0 saturated carbocycles. The van der Waals surface area contributed by atoms with E-state index >= 15 is 0 Å². The number of hydrogen-bond donors (Lipinski definition) is 1. The second-order valence-electron chi connectivity index (χ2n) is 6.26. The lowest BCUT2D eigenvalue weighted by Crippen LogP contribution is -2.07. The van der Waals surface area contributed by atoms with Gasteiger partial charge in [0, 0.05) is 29.4 Å². The molecule has 0 saturated heterocycles. The molecule has 4 aromatic rings. The molecule has 3 heterocycles. The zero-order chi connectivity index (χ0) is 20.2. The maximum Gasteiger partial charge on any atom is 0.170 e. The lowest BCUT2D eigenvalue weighted by molar-refractivity contribution is 0.405. The van der Waals surface area contributed by atoms with Crippen molar-refractivity contribution in [2.75, 3.05) is 12.4 Å². The molecule has 0 spiro atoms. The number of pyridine rings is 2. The van der Waals surface area contributed by atoms with Crippen LogP contribution in [-0.2, 0) is 13.0 Å². The van der Waals surface area contributed by atoms with Crippen LogP contribution in [0.2, 0.25) is 0 Å². The van der Waals surface area contributed by atoms with E-state index in [2.05, 4.69) is 26.6 Å². The molecule has 144 valence electrons. The third kappa shape index (κ3) is 3.46. The van der Waals surface area contributed by atoms with E-state index in [1.807, 2.05) is 24.3 Å². The Balaban J connectivity index is 1.71. The normalized spacial score (nSPS) is 10.7. The molecule has 3 aromatic heterocycles. The summed E-state index contributed by atoms with van der Waals surface area (Å²) in [6.45, 7) is 0.231. The van der Waals surface area contributed by atoms with Gasteiger partial charge in [-0.05, 0) is 30.3 Å². The monoisotopic (exact) mass is 388 g/mol. The predicted molar refractivity (Wildman–Crippen MR) is 106 cm³/mol. The van der Waals surface area contributed by atoms with Crippen molar-refractivity contribution < 1.29 is 9.13 Å². The molecule has 4 rings (SSSR count). The molecular formula is C21H17FN6O. The number of methoxy groups -OCH3 is 1. The fraction of sp³-hybridized carbons (Fsp3) is 0.143. The Kier molecular flexibility index (Phi) is 5.03. The lowest BCUT2D eigenvalue weighted by Gasteiger charge is -2.14. The largest absolute Gasteiger partial charge is 0.496 e. The lowest BCUT2D eigenvalue weighted by atomic mass is 10.0. The van der Waals surface area contributed by atoms with Gasteiger partial charge in [0.2, 0.25) is 0 Å². The summed E-state index contributed by atoms with van der Waals surface area (Å²) in [5.41, 5.74) is 3.37. The number of halogens is 1. The van der Waals surface area contributed by atoms with Crippen LogP contribution in [0.25, 0.3) is 16.8 Å². The first-order chi connectivity index (χ1) is 14.2. The van der Waals surface area contributed by atoms with Gasteiger partial charge >= 0.3 is 0 Å². The van der Waals surface area contributed by atoms with Gasteiger partial charge in [0.05, 0.1) is 25.3 Å². The van der Waals surface area contributed by atoms with Crippen molar-refractivity contribution in [1.82, 2.24) is 19.6 Å². The van der Waals surface area contributed by atoms with Gasteiger partial charge < -0.3 is 10.1 Å². The van der Waals surface area contributed by atoms with E-state index in [-0.39, 0.29) is 18.8 Å². The minimum Gasteiger partial charge on any atom is -0.496 e. The minimum absolute atomic E-state index is 0.198. The summed E-state index contributed by atoms with van der Waals surface area (Å²) in [4.78, 5) is 4.31. The van der Waals surface area contributed by atoms with Crippen molar-refractivity contribution in [3.8, 4) is 22.9 Å². The van der Waals surface area contributed by atoms with Crippen molar-refractivity contribution in [3.63, 3.8) is 0 Å². The third-order valence-corrected chi connectivity index (χ3v) is 4.63. The minimum atomic E-state index is -0.343. The molecule has 0 radical (unpaired) electrons. The summed E-state index contributed by atoms with van der Waals surface area (Å²) >= 11 is 0. The standard InChI is InChI=1S/C21H17FN6O/c1-29-19-6-2-5-17(22)16(19)12-25-20-8-7-15(21-27-26-13-28(20)21)14-4-3-11-24-18(14)9-10-23/h2-8,11,13,25H,9,12H2,1H3. The molecule has 0 aliphatic carbocycles. The van der Waals surface area contributed by atoms with E-state index in [9.17, 15) is 4.39 Å². The second-order valence-corrected chi connectivity index (χ2v) is 6.26. The number of nitrogens with zero attached hydrogens (tertiary/aromatic N) is 5. The first-order valence-electron chi connectivity index (χ1n) is 8.92. The van der Waals surface area contributed by atoms with Gasteiger partial charge in [-0.3, -0.25) is 9.38 Å². The molecule has 0 atom stereocenters. The highest BCUT2D eigenvalue weighted by molar-refractivity contribution is 5.80. The second kappa shape index (κ2) is 7.94. The molecule has 1 N–H and O–H groups in total. The van der Waals surface area contributed by atoms with Crippen LogP contribution in [0.3, 0.4) is 0 Å². The number of nitrogens with one attached hydrogen (secondary N) is 1. The van der Waals surface area contributed by atoms with Crippen LogP contribution < -0.4 is 10.1 Å². The van der Waals surface area contributed by atoms with Gasteiger partial charge in [0.25, 0.3) is 0 Å². The fourth-order valence-electron chi connectivity index (χ4n) is 3.25. The van der Waals surface area contributed by atoms with Crippen molar-refractivity contribution in [3.05, 3.63) is 72.1 Å². The molecule has 0 aliphatic rings. The highest BCUT2D eigenvalue weighted by atomic mass is 19.1. The molecule has 1 aromatic carbocycles. The first kappa shape index (κ1) is 18.4. The van der Waals surface area contributed by atoms with Gasteiger partial charge in [0.15, 0.2) is 5.65 Å². The zero-order valence-corrected chi connectivity index (χ0v) is 15.6. The molecule has 0 bridgehead atoms. The van der Waals surface area contributed by atoms with E-state index in [0.29, 0.717) is 28.5 Å². The van der Waals surface area contributed by atoms with E-state index in [1.165, 1.54) is 13.2 Å².